The minimum atomic E-state index is -0.293. The number of aryl methyl sites for hydroxylation is 1. The molecule has 0 bridgehead atoms. The van der Waals surface area contributed by atoms with Gasteiger partial charge in [-0.15, -0.1) is 10.2 Å². The molecule has 12 heteroatoms. The molecule has 10 nitrogen and oxygen atoms in total. The smallest absolute Gasteiger partial charge is 0.173 e. The van der Waals surface area contributed by atoms with E-state index in [9.17, 15) is 8.78 Å². The SMILES string of the molecule is CCc1ccc(C2c3nnnn3CCN2Cc2ccccc2)cc1.Fc1ccc(CN2CCn3nnnc3C2c2cccc(F)c2)cc1. The Hall–Kier alpha value is -5.20. The van der Waals surface area contributed by atoms with Crippen LogP contribution < -0.4 is 0 Å². The molecule has 0 amide bonds. The highest BCUT2D eigenvalue weighted by Gasteiger charge is 2.33. The number of rotatable bonds is 7. The van der Waals surface area contributed by atoms with Gasteiger partial charge >= 0.3 is 0 Å². The molecule has 2 aliphatic heterocycles. The summed E-state index contributed by atoms with van der Waals surface area (Å²) in [4.78, 5) is 4.63. The van der Waals surface area contributed by atoms with Gasteiger partial charge in [-0.1, -0.05) is 85.8 Å². The lowest BCUT2D eigenvalue weighted by molar-refractivity contribution is 0.163. The Labute approximate surface area is 277 Å². The average molecular weight is 647 g/mol. The van der Waals surface area contributed by atoms with E-state index >= 15 is 0 Å². The molecule has 48 heavy (non-hydrogen) atoms. The van der Waals surface area contributed by atoms with E-state index in [4.69, 9.17) is 0 Å². The van der Waals surface area contributed by atoms with Crippen LogP contribution in [-0.2, 0) is 32.6 Å². The van der Waals surface area contributed by atoms with Crippen molar-refractivity contribution in [3.63, 3.8) is 0 Å². The first-order valence-corrected chi connectivity index (χ1v) is 16.2. The van der Waals surface area contributed by atoms with E-state index in [0.29, 0.717) is 18.9 Å². The number of benzene rings is 4. The highest BCUT2D eigenvalue weighted by atomic mass is 19.1. The standard InChI is InChI=1S/C19H21N5.C17H15F2N5/c1-2-15-8-10-17(11-9-15)18-19-20-21-22-24(19)13-12-23(18)14-16-6-4-3-5-7-16;18-14-6-4-12(5-7-14)11-23-8-9-24-17(20-21-22-24)16(23)13-2-1-3-15(19)10-13/h3-11,18H,2,12-14H2,1H3;1-7,10,16H,8-9,11H2. The van der Waals surface area contributed by atoms with Gasteiger partial charge in [-0.3, -0.25) is 9.80 Å². The molecule has 0 fully saturated rings. The molecule has 0 saturated carbocycles. The Balaban J connectivity index is 0.000000152. The van der Waals surface area contributed by atoms with Crippen LogP contribution in [0.1, 0.15) is 58.5 Å². The molecule has 244 valence electrons. The van der Waals surface area contributed by atoms with Crippen molar-refractivity contribution in [2.75, 3.05) is 13.1 Å². The van der Waals surface area contributed by atoms with Crippen molar-refractivity contribution in [1.82, 2.24) is 50.2 Å². The third kappa shape index (κ3) is 6.90. The summed E-state index contributed by atoms with van der Waals surface area (Å²) in [5, 5.41) is 24.2. The van der Waals surface area contributed by atoms with Crippen molar-refractivity contribution < 1.29 is 8.78 Å². The molecule has 4 heterocycles. The maximum absolute atomic E-state index is 13.7. The molecule has 2 unspecified atom stereocenters. The number of tetrazole rings is 2. The maximum atomic E-state index is 13.7. The zero-order valence-corrected chi connectivity index (χ0v) is 26.6. The fraction of sp³-hybridized carbons (Fsp3) is 0.278. The van der Waals surface area contributed by atoms with Crippen molar-refractivity contribution >= 4 is 0 Å². The topological polar surface area (TPSA) is 93.7 Å². The normalized spacial score (nSPS) is 17.6. The van der Waals surface area contributed by atoms with E-state index in [1.165, 1.54) is 41.0 Å². The first kappa shape index (κ1) is 31.4. The van der Waals surface area contributed by atoms with Gasteiger partial charge in [-0.25, -0.2) is 18.1 Å². The fourth-order valence-electron chi connectivity index (χ4n) is 6.48. The van der Waals surface area contributed by atoms with Gasteiger partial charge in [-0.05, 0) is 79.4 Å². The van der Waals surface area contributed by atoms with Crippen molar-refractivity contribution in [3.05, 3.63) is 154 Å². The molecular weight excluding hydrogens is 610 g/mol. The second-order valence-corrected chi connectivity index (χ2v) is 12.0. The summed E-state index contributed by atoms with van der Waals surface area (Å²) in [6, 6.07) is 32.2. The summed E-state index contributed by atoms with van der Waals surface area (Å²) < 4.78 is 30.5. The maximum Gasteiger partial charge on any atom is 0.173 e. The summed E-state index contributed by atoms with van der Waals surface area (Å²) in [5.41, 5.74) is 5.70. The van der Waals surface area contributed by atoms with Gasteiger partial charge < -0.3 is 0 Å². The Morgan fingerprint density at radius 3 is 1.71 bits per heavy atom. The molecule has 0 radical (unpaired) electrons. The number of aromatic nitrogens is 8. The van der Waals surface area contributed by atoms with Crippen LogP contribution in [0.15, 0.2) is 103 Å². The molecule has 0 spiro atoms. The highest BCUT2D eigenvalue weighted by molar-refractivity contribution is 5.30. The predicted octanol–water partition coefficient (Wildman–Crippen LogP) is 5.40. The highest BCUT2D eigenvalue weighted by Crippen LogP contribution is 2.33. The second kappa shape index (κ2) is 14.3. The lowest BCUT2D eigenvalue weighted by atomic mass is 10.00. The molecule has 4 aromatic carbocycles. The monoisotopic (exact) mass is 646 g/mol. The van der Waals surface area contributed by atoms with E-state index in [1.807, 2.05) is 10.7 Å². The minimum Gasteiger partial charge on any atom is -0.284 e. The van der Waals surface area contributed by atoms with Crippen molar-refractivity contribution in [2.45, 2.75) is 51.6 Å². The molecule has 0 aliphatic carbocycles. The molecule has 2 atom stereocenters. The van der Waals surface area contributed by atoms with E-state index in [0.717, 1.165) is 49.6 Å². The Morgan fingerprint density at radius 1 is 0.562 bits per heavy atom. The zero-order valence-electron chi connectivity index (χ0n) is 26.6. The Kier molecular flexibility index (Phi) is 9.34. The molecular formula is C36H36F2N10. The van der Waals surface area contributed by atoms with E-state index in [2.05, 4.69) is 102 Å². The van der Waals surface area contributed by atoms with Crippen LogP contribution in [-0.4, -0.2) is 63.3 Å². The van der Waals surface area contributed by atoms with Crippen molar-refractivity contribution in [2.24, 2.45) is 0 Å². The van der Waals surface area contributed by atoms with Crippen molar-refractivity contribution in [1.29, 1.82) is 0 Å². The molecule has 0 saturated heterocycles. The van der Waals surface area contributed by atoms with Crippen LogP contribution in [0.3, 0.4) is 0 Å². The number of hydrogen-bond donors (Lipinski definition) is 0. The van der Waals surface area contributed by atoms with Gasteiger partial charge in [0, 0.05) is 26.2 Å². The van der Waals surface area contributed by atoms with Gasteiger partial charge in [0.25, 0.3) is 0 Å². The Bertz CT molecular complexity index is 1920. The van der Waals surface area contributed by atoms with Gasteiger partial charge in [-0.2, -0.15) is 0 Å². The lowest BCUT2D eigenvalue weighted by Gasteiger charge is -2.35. The summed E-state index contributed by atoms with van der Waals surface area (Å²) in [6.07, 6.45) is 1.05. The van der Waals surface area contributed by atoms with Gasteiger partial charge in [0.05, 0.1) is 25.2 Å². The summed E-state index contributed by atoms with van der Waals surface area (Å²) in [6.45, 7) is 6.83. The minimum absolute atomic E-state index is 0.0971. The van der Waals surface area contributed by atoms with Crippen molar-refractivity contribution in [3.8, 4) is 0 Å². The summed E-state index contributed by atoms with van der Waals surface area (Å²) in [5.74, 6) is 1.07. The lowest BCUT2D eigenvalue weighted by Crippen LogP contribution is -2.39. The van der Waals surface area contributed by atoms with Crippen LogP contribution in [0.4, 0.5) is 8.78 Å². The average Bonchev–Trinajstić information content (AvgIpc) is 3.80. The summed E-state index contributed by atoms with van der Waals surface area (Å²) >= 11 is 0. The van der Waals surface area contributed by atoms with Gasteiger partial charge in [0.2, 0.25) is 0 Å². The number of hydrogen-bond acceptors (Lipinski definition) is 8. The first-order valence-electron chi connectivity index (χ1n) is 16.2. The molecule has 8 rings (SSSR count). The van der Waals surface area contributed by atoms with E-state index < -0.39 is 0 Å². The van der Waals surface area contributed by atoms with Crippen LogP contribution in [0, 0.1) is 11.6 Å². The number of fused-ring (bicyclic) bond motifs is 2. The van der Waals surface area contributed by atoms with E-state index in [1.54, 1.807) is 22.9 Å². The predicted molar refractivity (Wildman–Crippen MR) is 175 cm³/mol. The van der Waals surface area contributed by atoms with Crippen LogP contribution in [0.2, 0.25) is 0 Å². The van der Waals surface area contributed by atoms with E-state index in [-0.39, 0.29) is 23.7 Å². The quantitative estimate of drug-likeness (QED) is 0.228. The largest absolute Gasteiger partial charge is 0.284 e. The molecule has 0 N–H and O–H groups in total. The number of halogens is 2. The fourth-order valence-corrected chi connectivity index (χ4v) is 6.48. The Morgan fingerprint density at radius 2 is 1.12 bits per heavy atom. The van der Waals surface area contributed by atoms with Gasteiger partial charge in [0.1, 0.15) is 11.6 Å². The zero-order chi connectivity index (χ0) is 32.9. The third-order valence-electron chi connectivity index (χ3n) is 8.93. The first-order chi connectivity index (χ1) is 23.6. The van der Waals surface area contributed by atoms with Crippen LogP contribution >= 0.6 is 0 Å². The molecule has 2 aliphatic rings. The van der Waals surface area contributed by atoms with Crippen LogP contribution in [0.25, 0.3) is 0 Å². The second-order valence-electron chi connectivity index (χ2n) is 12.0. The third-order valence-corrected chi connectivity index (χ3v) is 8.93. The van der Waals surface area contributed by atoms with Crippen LogP contribution in [0.5, 0.6) is 0 Å². The molecule has 6 aromatic rings. The number of nitrogens with zero attached hydrogens (tertiary/aromatic N) is 10. The summed E-state index contributed by atoms with van der Waals surface area (Å²) in [7, 11) is 0. The van der Waals surface area contributed by atoms with Gasteiger partial charge in [0.15, 0.2) is 11.6 Å². The molecule has 2 aromatic heterocycles.